The maximum atomic E-state index is 9.72. The number of carbonyl (C=O) groups is 1. The van der Waals surface area contributed by atoms with Crippen LogP contribution in [0.2, 0.25) is 0 Å². The van der Waals surface area contributed by atoms with E-state index in [0.717, 1.165) is 21.7 Å². The van der Waals surface area contributed by atoms with Crippen molar-refractivity contribution in [3.05, 3.63) is 71.3 Å². The summed E-state index contributed by atoms with van der Waals surface area (Å²) >= 11 is 1.62. The first-order valence-corrected chi connectivity index (χ1v) is 8.81. The maximum absolute atomic E-state index is 9.72. The van der Waals surface area contributed by atoms with E-state index in [1.165, 1.54) is 11.6 Å². The molecule has 0 atom stereocenters. The summed E-state index contributed by atoms with van der Waals surface area (Å²) in [6.45, 7) is 4.92. The number of aliphatic imine (C=N–C) groups is 1. The first-order valence-electron chi connectivity index (χ1n) is 7.93. The molecule has 0 aliphatic carbocycles. The van der Waals surface area contributed by atoms with Gasteiger partial charge in [-0.05, 0) is 24.5 Å². The highest BCUT2D eigenvalue weighted by molar-refractivity contribution is 7.10. The van der Waals surface area contributed by atoms with Crippen LogP contribution in [0.3, 0.4) is 0 Å². The van der Waals surface area contributed by atoms with Gasteiger partial charge in [0.05, 0.1) is 12.8 Å². The van der Waals surface area contributed by atoms with Gasteiger partial charge in [-0.3, -0.25) is 9.79 Å². The predicted octanol–water partition coefficient (Wildman–Crippen LogP) is 5.90. The number of ether oxygens (including phenoxy) is 1. The molecular formula is C22H24N2O2S. The maximum Gasteiger partial charge on any atom is 0.163 e. The fourth-order valence-corrected chi connectivity index (χ4v) is 2.80. The van der Waals surface area contributed by atoms with Gasteiger partial charge in [-0.2, -0.15) is 0 Å². The number of methoxy groups -OCH3 is 1. The largest absolute Gasteiger partial charge is 0.495 e. The summed E-state index contributed by atoms with van der Waals surface area (Å²) in [7, 11) is 1.71. The zero-order chi connectivity index (χ0) is 18.8. The van der Waals surface area contributed by atoms with E-state index in [9.17, 15) is 4.79 Å². The lowest BCUT2D eigenvalue weighted by molar-refractivity contribution is -0.102. The molecule has 1 aromatic heterocycles. The van der Waals surface area contributed by atoms with Crippen LogP contribution in [0, 0.1) is 0 Å². The molecule has 0 amide bonds. The van der Waals surface area contributed by atoms with Crippen LogP contribution in [-0.2, 0) is 4.79 Å². The van der Waals surface area contributed by atoms with Gasteiger partial charge in [0, 0.05) is 28.7 Å². The molecule has 0 spiro atoms. The van der Waals surface area contributed by atoms with E-state index in [1.54, 1.807) is 25.4 Å². The van der Waals surface area contributed by atoms with E-state index in [1.807, 2.05) is 35.9 Å². The molecule has 0 aliphatic rings. The molecular weight excluding hydrogens is 356 g/mol. The normalized spacial score (nSPS) is 10.7. The Bertz CT molecular complexity index is 929. The number of hydrogen-bond donors (Lipinski definition) is 0. The highest BCUT2D eigenvalue weighted by atomic mass is 32.1. The lowest BCUT2D eigenvalue weighted by Crippen LogP contribution is -1.88. The van der Waals surface area contributed by atoms with Gasteiger partial charge in [-0.25, -0.2) is 4.98 Å². The Morgan fingerprint density at radius 2 is 2.00 bits per heavy atom. The lowest BCUT2D eigenvalue weighted by atomic mass is 10.0. The van der Waals surface area contributed by atoms with Gasteiger partial charge >= 0.3 is 0 Å². The number of carbonyl (C=O) groups excluding carboxylic acids is 1. The van der Waals surface area contributed by atoms with E-state index in [2.05, 4.69) is 40.8 Å². The van der Waals surface area contributed by atoms with E-state index >= 15 is 0 Å². The number of aldehydes is 1. The number of hydrogen-bond acceptors (Lipinski definition) is 5. The molecule has 3 aromatic rings. The highest BCUT2D eigenvalue weighted by Crippen LogP contribution is 2.30. The quantitative estimate of drug-likeness (QED) is 0.409. The molecule has 0 radical (unpaired) electrons. The summed E-state index contributed by atoms with van der Waals surface area (Å²) in [4.78, 5) is 17.5. The second kappa shape index (κ2) is 11.5. The monoisotopic (exact) mass is 380 g/mol. The number of aromatic nitrogens is 1. The summed E-state index contributed by atoms with van der Waals surface area (Å²) in [5.74, 6) is 0.908. The Hall–Kier alpha value is -3.05. The average molecular weight is 381 g/mol. The van der Waals surface area contributed by atoms with Gasteiger partial charge in [-0.1, -0.05) is 50.4 Å². The smallest absolute Gasteiger partial charge is 0.163 e. The summed E-state index contributed by atoms with van der Waals surface area (Å²) in [6.07, 6.45) is 7.88. The molecule has 0 fully saturated rings. The number of benzene rings is 2. The molecule has 4 nitrogen and oxygen atoms in total. The van der Waals surface area contributed by atoms with Crippen LogP contribution in [-0.4, -0.2) is 24.1 Å². The Kier molecular flexibility index (Phi) is 9.40. The van der Waals surface area contributed by atoms with Gasteiger partial charge in [0.25, 0.3) is 0 Å². The second-order valence-electron chi connectivity index (χ2n) is 5.18. The molecule has 0 saturated carbocycles. The van der Waals surface area contributed by atoms with Crippen LogP contribution in [0.15, 0.2) is 65.7 Å². The Morgan fingerprint density at radius 1 is 1.22 bits per heavy atom. The average Bonchev–Trinajstić information content (AvgIpc) is 3.20. The van der Waals surface area contributed by atoms with Crippen molar-refractivity contribution >= 4 is 46.3 Å². The van der Waals surface area contributed by atoms with Crippen molar-refractivity contribution in [2.75, 3.05) is 7.11 Å². The number of thiazole rings is 1. The lowest BCUT2D eigenvalue weighted by Gasteiger charge is -2.08. The molecule has 0 saturated heterocycles. The van der Waals surface area contributed by atoms with Crippen LogP contribution in [0.5, 0.6) is 5.75 Å². The van der Waals surface area contributed by atoms with Crippen molar-refractivity contribution in [2.45, 2.75) is 14.4 Å². The third-order valence-corrected chi connectivity index (χ3v) is 4.18. The van der Waals surface area contributed by atoms with Crippen LogP contribution < -0.4 is 4.74 Å². The summed E-state index contributed by atoms with van der Waals surface area (Å²) < 4.78 is 5.56. The van der Waals surface area contributed by atoms with Crippen molar-refractivity contribution in [2.24, 2.45) is 4.99 Å². The van der Waals surface area contributed by atoms with Crippen LogP contribution in [0.4, 0.5) is 0 Å². The number of nitrogens with zero attached hydrogens (tertiary/aromatic N) is 2. The van der Waals surface area contributed by atoms with Crippen molar-refractivity contribution in [1.29, 1.82) is 0 Å². The SMILES string of the molecule is C.C=CN=C(C)C=O.COc1c(/C=C/c2nccs2)ccc2ccccc12. The Labute approximate surface area is 164 Å². The minimum Gasteiger partial charge on any atom is -0.495 e. The highest BCUT2D eigenvalue weighted by Gasteiger charge is 2.05. The van der Waals surface area contributed by atoms with Gasteiger partial charge in [0.15, 0.2) is 6.29 Å². The van der Waals surface area contributed by atoms with Crippen molar-refractivity contribution < 1.29 is 9.53 Å². The van der Waals surface area contributed by atoms with E-state index in [4.69, 9.17) is 4.74 Å². The summed E-state index contributed by atoms with van der Waals surface area (Å²) in [5.41, 5.74) is 1.52. The third-order valence-electron chi connectivity index (χ3n) is 3.44. The van der Waals surface area contributed by atoms with Crippen LogP contribution in [0.1, 0.15) is 24.9 Å². The fraction of sp³-hybridized carbons (Fsp3) is 0.136. The molecule has 27 heavy (non-hydrogen) atoms. The van der Waals surface area contributed by atoms with Crippen LogP contribution in [0.25, 0.3) is 22.9 Å². The topological polar surface area (TPSA) is 51.5 Å². The Morgan fingerprint density at radius 3 is 2.59 bits per heavy atom. The minimum absolute atomic E-state index is 0. The zero-order valence-corrected chi connectivity index (χ0v) is 15.6. The predicted molar refractivity (Wildman–Crippen MR) is 118 cm³/mol. The van der Waals surface area contributed by atoms with Gasteiger partial charge in [0.2, 0.25) is 0 Å². The summed E-state index contributed by atoms with van der Waals surface area (Å²) in [5, 5.41) is 5.28. The number of rotatable bonds is 5. The van der Waals surface area contributed by atoms with Crippen molar-refractivity contribution in [1.82, 2.24) is 4.98 Å². The van der Waals surface area contributed by atoms with Gasteiger partial charge < -0.3 is 4.74 Å². The molecule has 140 valence electrons. The van der Waals surface area contributed by atoms with E-state index in [-0.39, 0.29) is 7.43 Å². The first-order chi connectivity index (χ1) is 12.7. The second-order valence-corrected chi connectivity index (χ2v) is 6.11. The van der Waals surface area contributed by atoms with Crippen molar-refractivity contribution in [3.8, 4) is 5.75 Å². The van der Waals surface area contributed by atoms with Crippen molar-refractivity contribution in [3.63, 3.8) is 0 Å². The van der Waals surface area contributed by atoms with E-state index in [0.29, 0.717) is 12.0 Å². The molecule has 0 unspecified atom stereocenters. The molecule has 2 aromatic carbocycles. The van der Waals surface area contributed by atoms with Gasteiger partial charge in [-0.15, -0.1) is 11.3 Å². The fourth-order valence-electron chi connectivity index (χ4n) is 2.27. The third kappa shape index (κ3) is 6.31. The Balaban J connectivity index is 0.000000395. The summed E-state index contributed by atoms with van der Waals surface area (Å²) in [6, 6.07) is 12.4. The molecule has 1 heterocycles. The first kappa shape index (κ1) is 22.0. The van der Waals surface area contributed by atoms with E-state index < -0.39 is 0 Å². The number of fused-ring (bicyclic) bond motifs is 1. The molecule has 0 N–H and O–H groups in total. The van der Waals surface area contributed by atoms with Crippen LogP contribution >= 0.6 is 11.3 Å². The molecule has 0 aliphatic heterocycles. The molecule has 3 rings (SSSR count). The zero-order valence-electron chi connectivity index (χ0n) is 14.8. The molecule has 0 bridgehead atoms. The minimum atomic E-state index is 0. The standard InChI is InChI=1S/C16H13NOS.C5H7NO.CH4/c1-18-16-13(8-9-15-17-10-11-19-15)7-6-12-4-2-3-5-14(12)16;1-3-6-5(2)4-7;/h2-11H,1H3;3-4H,1H2,2H3;1H4/b9-8+;;. The molecule has 5 heteroatoms. The van der Waals surface area contributed by atoms with Gasteiger partial charge in [0.1, 0.15) is 10.8 Å².